The van der Waals surface area contributed by atoms with E-state index in [0.29, 0.717) is 12.2 Å². The highest BCUT2D eigenvalue weighted by atomic mass is 32.2. The summed E-state index contributed by atoms with van der Waals surface area (Å²) in [6.07, 6.45) is 0. The van der Waals surface area contributed by atoms with Crippen molar-refractivity contribution in [2.24, 2.45) is 5.92 Å². The van der Waals surface area contributed by atoms with Crippen LogP contribution in [0, 0.1) is 5.92 Å². The van der Waals surface area contributed by atoms with Crippen LogP contribution in [0.3, 0.4) is 0 Å². The van der Waals surface area contributed by atoms with Gasteiger partial charge in [-0.05, 0) is 25.0 Å². The summed E-state index contributed by atoms with van der Waals surface area (Å²) in [5.41, 5.74) is 0.508. The second-order valence-corrected chi connectivity index (χ2v) is 6.29. The summed E-state index contributed by atoms with van der Waals surface area (Å²) in [7, 11) is -3.32. The van der Waals surface area contributed by atoms with Gasteiger partial charge in [0.2, 0.25) is 10.0 Å². The zero-order valence-electron chi connectivity index (χ0n) is 10.4. The van der Waals surface area contributed by atoms with E-state index >= 15 is 0 Å². The Morgan fingerprint density at radius 2 is 2.00 bits per heavy atom. The molecule has 0 aliphatic carbocycles. The van der Waals surface area contributed by atoms with Crippen LogP contribution >= 0.6 is 0 Å². The zero-order valence-corrected chi connectivity index (χ0v) is 11.2. The number of phenolic OH excluding ortho intramolecular Hbond substituents is 1. The Kier molecular flexibility index (Phi) is 4.40. The third-order valence-corrected chi connectivity index (χ3v) is 4.51. The van der Waals surface area contributed by atoms with Gasteiger partial charge in [-0.3, -0.25) is 4.31 Å². The summed E-state index contributed by atoms with van der Waals surface area (Å²) >= 11 is 0. The largest absolute Gasteiger partial charge is 0.508 e. The van der Waals surface area contributed by atoms with E-state index in [1.165, 1.54) is 16.4 Å². The lowest BCUT2D eigenvalue weighted by atomic mass is 10.3. The van der Waals surface area contributed by atoms with Crippen LogP contribution in [0.15, 0.2) is 24.3 Å². The van der Waals surface area contributed by atoms with Gasteiger partial charge < -0.3 is 5.11 Å². The quantitative estimate of drug-likeness (QED) is 0.879. The molecule has 0 spiro atoms. The predicted molar refractivity (Wildman–Crippen MR) is 69.8 cm³/mol. The van der Waals surface area contributed by atoms with Gasteiger partial charge in [-0.1, -0.05) is 19.9 Å². The van der Waals surface area contributed by atoms with Crippen molar-refractivity contribution in [3.8, 4) is 5.75 Å². The normalized spacial score (nSPS) is 11.8. The number of benzene rings is 1. The van der Waals surface area contributed by atoms with E-state index in [-0.39, 0.29) is 17.4 Å². The van der Waals surface area contributed by atoms with Gasteiger partial charge in [0.1, 0.15) is 5.75 Å². The molecular formula is C12H19NO3S. The average Bonchev–Trinajstić information content (AvgIpc) is 2.15. The molecule has 0 bridgehead atoms. The molecule has 96 valence electrons. The van der Waals surface area contributed by atoms with Crippen molar-refractivity contribution >= 4 is 15.7 Å². The number of hydrogen-bond acceptors (Lipinski definition) is 3. The second-order valence-electron chi connectivity index (χ2n) is 4.36. The fourth-order valence-electron chi connectivity index (χ4n) is 1.70. The number of aromatic hydroxyl groups is 1. The maximum Gasteiger partial charge on any atom is 0.235 e. The molecule has 5 heteroatoms. The Hall–Kier alpha value is -1.23. The summed E-state index contributed by atoms with van der Waals surface area (Å²) in [6, 6.07) is 6.30. The van der Waals surface area contributed by atoms with Gasteiger partial charge in [0, 0.05) is 12.6 Å². The SMILES string of the molecule is CCN(c1cccc(O)c1)S(=O)(=O)CC(C)C. The van der Waals surface area contributed by atoms with Crippen molar-refractivity contribution in [3.63, 3.8) is 0 Å². The van der Waals surface area contributed by atoms with Crippen LogP contribution in [-0.2, 0) is 10.0 Å². The smallest absolute Gasteiger partial charge is 0.235 e. The number of rotatable bonds is 5. The fraction of sp³-hybridized carbons (Fsp3) is 0.500. The molecule has 0 fully saturated rings. The highest BCUT2D eigenvalue weighted by Crippen LogP contribution is 2.23. The minimum Gasteiger partial charge on any atom is -0.508 e. The number of anilines is 1. The summed E-state index contributed by atoms with van der Waals surface area (Å²) in [4.78, 5) is 0. The lowest BCUT2D eigenvalue weighted by Crippen LogP contribution is -2.34. The molecule has 1 N–H and O–H groups in total. The average molecular weight is 257 g/mol. The molecule has 0 aromatic heterocycles. The zero-order chi connectivity index (χ0) is 13.1. The Morgan fingerprint density at radius 1 is 1.35 bits per heavy atom. The van der Waals surface area contributed by atoms with Crippen molar-refractivity contribution < 1.29 is 13.5 Å². The Labute approximate surface area is 103 Å². The van der Waals surface area contributed by atoms with E-state index < -0.39 is 10.0 Å². The van der Waals surface area contributed by atoms with Crippen LogP contribution in [0.2, 0.25) is 0 Å². The molecule has 0 aliphatic rings. The molecule has 0 radical (unpaired) electrons. The maximum atomic E-state index is 12.1. The highest BCUT2D eigenvalue weighted by molar-refractivity contribution is 7.92. The molecule has 4 nitrogen and oxygen atoms in total. The molecule has 0 amide bonds. The molecule has 0 aliphatic heterocycles. The molecule has 1 aromatic rings. The lowest BCUT2D eigenvalue weighted by molar-refractivity contribution is 0.475. The molecular weight excluding hydrogens is 238 g/mol. The van der Waals surface area contributed by atoms with E-state index in [4.69, 9.17) is 0 Å². The third kappa shape index (κ3) is 3.63. The first-order chi connectivity index (χ1) is 7.86. The van der Waals surface area contributed by atoms with Gasteiger partial charge in [-0.25, -0.2) is 8.42 Å². The molecule has 1 rings (SSSR count). The predicted octanol–water partition coefficient (Wildman–Crippen LogP) is 2.20. The first-order valence-corrected chi connectivity index (χ1v) is 7.27. The summed E-state index contributed by atoms with van der Waals surface area (Å²) in [5, 5.41) is 9.38. The number of phenols is 1. The van der Waals surface area contributed by atoms with Crippen LogP contribution in [-0.4, -0.2) is 25.8 Å². The van der Waals surface area contributed by atoms with Gasteiger partial charge in [-0.2, -0.15) is 0 Å². The fourth-order valence-corrected chi connectivity index (χ4v) is 3.55. The molecule has 0 atom stereocenters. The van der Waals surface area contributed by atoms with E-state index in [0.717, 1.165) is 0 Å². The molecule has 17 heavy (non-hydrogen) atoms. The van der Waals surface area contributed by atoms with Crippen LogP contribution in [0.4, 0.5) is 5.69 Å². The standard InChI is InChI=1S/C12H19NO3S/c1-4-13(17(15,16)9-10(2)3)11-6-5-7-12(14)8-11/h5-8,10,14H,4,9H2,1-3H3. The van der Waals surface area contributed by atoms with Gasteiger partial charge in [0.25, 0.3) is 0 Å². The molecule has 0 heterocycles. The minimum absolute atomic E-state index is 0.0701. The first kappa shape index (κ1) is 13.8. The second kappa shape index (κ2) is 5.40. The topological polar surface area (TPSA) is 57.6 Å². The lowest BCUT2D eigenvalue weighted by Gasteiger charge is -2.23. The van der Waals surface area contributed by atoms with Crippen molar-refractivity contribution in [2.75, 3.05) is 16.6 Å². The Bertz CT molecular complexity index is 468. The van der Waals surface area contributed by atoms with Crippen LogP contribution in [0.25, 0.3) is 0 Å². The van der Waals surface area contributed by atoms with Crippen molar-refractivity contribution in [1.29, 1.82) is 0 Å². The third-order valence-electron chi connectivity index (χ3n) is 2.28. The van der Waals surface area contributed by atoms with Crippen molar-refractivity contribution in [1.82, 2.24) is 0 Å². The van der Waals surface area contributed by atoms with Gasteiger partial charge in [0.05, 0.1) is 11.4 Å². The van der Waals surface area contributed by atoms with E-state index in [1.54, 1.807) is 19.1 Å². The Morgan fingerprint density at radius 3 is 2.47 bits per heavy atom. The van der Waals surface area contributed by atoms with E-state index in [1.807, 2.05) is 13.8 Å². The summed E-state index contributed by atoms with van der Waals surface area (Å²) in [5.74, 6) is 0.253. The van der Waals surface area contributed by atoms with Crippen molar-refractivity contribution in [2.45, 2.75) is 20.8 Å². The molecule has 0 saturated carbocycles. The van der Waals surface area contributed by atoms with Crippen molar-refractivity contribution in [3.05, 3.63) is 24.3 Å². The monoisotopic (exact) mass is 257 g/mol. The van der Waals surface area contributed by atoms with E-state index in [9.17, 15) is 13.5 Å². The van der Waals surface area contributed by atoms with Gasteiger partial charge in [-0.15, -0.1) is 0 Å². The Balaban J connectivity index is 3.07. The summed E-state index contributed by atoms with van der Waals surface area (Å²) in [6.45, 7) is 5.88. The number of nitrogens with zero attached hydrogens (tertiary/aromatic N) is 1. The number of hydrogen-bond donors (Lipinski definition) is 1. The molecule has 0 saturated heterocycles. The highest BCUT2D eigenvalue weighted by Gasteiger charge is 2.22. The minimum atomic E-state index is -3.32. The van der Waals surface area contributed by atoms with Gasteiger partial charge in [0.15, 0.2) is 0 Å². The van der Waals surface area contributed by atoms with Gasteiger partial charge >= 0.3 is 0 Å². The van der Waals surface area contributed by atoms with Crippen LogP contribution in [0.1, 0.15) is 20.8 Å². The maximum absolute atomic E-state index is 12.1. The van der Waals surface area contributed by atoms with Crippen LogP contribution < -0.4 is 4.31 Å². The van der Waals surface area contributed by atoms with E-state index in [2.05, 4.69) is 0 Å². The summed E-state index contributed by atoms with van der Waals surface area (Å²) < 4.78 is 25.6. The molecule has 0 unspecified atom stereocenters. The van der Waals surface area contributed by atoms with Crippen LogP contribution in [0.5, 0.6) is 5.75 Å². The first-order valence-electron chi connectivity index (χ1n) is 5.66. The molecule has 1 aromatic carbocycles. The number of sulfonamides is 1.